The van der Waals surface area contributed by atoms with Crippen molar-refractivity contribution < 1.29 is 0 Å². The Kier molecular flexibility index (Phi) is 3.56. The molecular formula is C10H9N5S2. The third-order valence-electron chi connectivity index (χ3n) is 1.87. The number of hydrogen-bond donors (Lipinski definition) is 1. The quantitative estimate of drug-likeness (QED) is 0.677. The highest BCUT2D eigenvalue weighted by Crippen LogP contribution is 2.22. The summed E-state index contributed by atoms with van der Waals surface area (Å²) < 4.78 is 0. The smallest absolute Gasteiger partial charge is 0.189 e. The summed E-state index contributed by atoms with van der Waals surface area (Å²) in [6.07, 6.45) is 3.46. The topological polar surface area (TPSA) is 74.5 Å². The molecular weight excluding hydrogens is 254 g/mol. The Morgan fingerprint density at radius 2 is 2.29 bits per heavy atom. The Bertz CT molecular complexity index is 572. The van der Waals surface area contributed by atoms with Gasteiger partial charge in [0.15, 0.2) is 10.3 Å². The molecule has 0 saturated heterocycles. The van der Waals surface area contributed by atoms with E-state index < -0.39 is 0 Å². The molecule has 0 aliphatic heterocycles. The van der Waals surface area contributed by atoms with E-state index in [1.807, 2.05) is 25.3 Å². The molecule has 0 saturated carbocycles. The van der Waals surface area contributed by atoms with Gasteiger partial charge in [-0.1, -0.05) is 23.1 Å². The molecule has 0 bridgehead atoms. The van der Waals surface area contributed by atoms with Crippen molar-refractivity contribution in [3.8, 4) is 6.07 Å². The van der Waals surface area contributed by atoms with E-state index in [9.17, 15) is 0 Å². The highest BCUT2D eigenvalue weighted by Gasteiger charge is 2.05. The highest BCUT2D eigenvalue weighted by atomic mass is 32.2. The van der Waals surface area contributed by atoms with Crippen LogP contribution >= 0.6 is 23.1 Å². The van der Waals surface area contributed by atoms with E-state index in [1.54, 1.807) is 0 Å². The average Bonchev–Trinajstić information content (AvgIpc) is 2.76. The number of nitrogens with one attached hydrogen (secondary N) is 1. The summed E-state index contributed by atoms with van der Waals surface area (Å²) in [5, 5.41) is 13.1. The van der Waals surface area contributed by atoms with Gasteiger partial charge in [-0.25, -0.2) is 15.0 Å². The summed E-state index contributed by atoms with van der Waals surface area (Å²) in [6.45, 7) is 1.91. The van der Waals surface area contributed by atoms with Crippen molar-refractivity contribution in [2.45, 2.75) is 12.1 Å². The average molecular weight is 263 g/mol. The van der Waals surface area contributed by atoms with Gasteiger partial charge in [0.25, 0.3) is 0 Å². The lowest BCUT2D eigenvalue weighted by Gasteiger charge is -2.04. The number of thiazole rings is 1. The maximum absolute atomic E-state index is 8.71. The third kappa shape index (κ3) is 2.93. The molecule has 7 heteroatoms. The van der Waals surface area contributed by atoms with E-state index in [4.69, 9.17) is 5.26 Å². The first kappa shape index (κ1) is 11.8. The highest BCUT2D eigenvalue weighted by molar-refractivity contribution is 7.98. The summed E-state index contributed by atoms with van der Waals surface area (Å²) >= 11 is 2.78. The molecule has 1 N–H and O–H groups in total. The van der Waals surface area contributed by atoms with Crippen molar-refractivity contribution in [3.05, 3.63) is 22.8 Å². The fraction of sp³-hybridized carbons (Fsp3) is 0.200. The predicted molar refractivity (Wildman–Crippen MR) is 68.7 cm³/mol. The molecule has 86 valence electrons. The maximum Gasteiger partial charge on any atom is 0.189 e. The molecule has 0 fully saturated rings. The number of hydrogen-bond acceptors (Lipinski definition) is 7. The second kappa shape index (κ2) is 5.12. The monoisotopic (exact) mass is 263 g/mol. The van der Waals surface area contributed by atoms with E-state index in [-0.39, 0.29) is 0 Å². The molecule has 0 aromatic carbocycles. The predicted octanol–water partition coefficient (Wildman–Crippen LogP) is 2.58. The molecule has 0 atom stereocenters. The standard InChI is InChI=1S/C10H9N5S2/c1-6-3-8(15-10(13-6)16-2)14-9-12-5-7(4-11)17-9/h3,5H,1-2H3,(H,12,13,14,15). The van der Waals surface area contributed by atoms with Gasteiger partial charge in [-0.05, 0) is 13.2 Å². The Morgan fingerprint density at radius 1 is 1.47 bits per heavy atom. The minimum absolute atomic E-state index is 0.573. The Hall–Kier alpha value is -1.65. The van der Waals surface area contributed by atoms with Crippen LogP contribution in [0.2, 0.25) is 0 Å². The van der Waals surface area contributed by atoms with Crippen LogP contribution in [0.3, 0.4) is 0 Å². The van der Waals surface area contributed by atoms with Gasteiger partial charge in [-0.2, -0.15) is 5.26 Å². The summed E-state index contributed by atoms with van der Waals surface area (Å²) in [5.41, 5.74) is 0.893. The number of thioether (sulfide) groups is 1. The summed E-state index contributed by atoms with van der Waals surface area (Å²) in [4.78, 5) is 13.2. The first-order chi connectivity index (χ1) is 8.21. The molecule has 2 rings (SSSR count). The second-order valence-corrected chi connectivity index (χ2v) is 4.95. The zero-order chi connectivity index (χ0) is 12.3. The van der Waals surface area contributed by atoms with Crippen LogP contribution in [0.5, 0.6) is 0 Å². The van der Waals surface area contributed by atoms with Gasteiger partial charge < -0.3 is 5.32 Å². The van der Waals surface area contributed by atoms with Crippen LogP contribution in [0.15, 0.2) is 17.4 Å². The molecule has 0 radical (unpaired) electrons. The van der Waals surface area contributed by atoms with Gasteiger partial charge in [-0.15, -0.1) is 0 Å². The lowest BCUT2D eigenvalue weighted by molar-refractivity contribution is 0.940. The number of aromatic nitrogens is 3. The lowest BCUT2D eigenvalue weighted by atomic mass is 10.4. The number of anilines is 2. The fourth-order valence-corrected chi connectivity index (χ4v) is 2.24. The van der Waals surface area contributed by atoms with Gasteiger partial charge in [0, 0.05) is 11.8 Å². The minimum Gasteiger partial charge on any atom is -0.316 e. The van der Waals surface area contributed by atoms with Crippen LogP contribution < -0.4 is 5.32 Å². The van der Waals surface area contributed by atoms with Crippen molar-refractivity contribution in [1.82, 2.24) is 15.0 Å². The molecule has 2 heterocycles. The third-order valence-corrected chi connectivity index (χ3v) is 3.23. The first-order valence-electron chi connectivity index (χ1n) is 4.74. The normalized spacial score (nSPS) is 9.94. The van der Waals surface area contributed by atoms with Crippen molar-refractivity contribution in [1.29, 1.82) is 5.26 Å². The number of aryl methyl sites for hydroxylation is 1. The second-order valence-electron chi connectivity index (χ2n) is 3.15. The molecule has 0 unspecified atom stereocenters. The van der Waals surface area contributed by atoms with Gasteiger partial charge in [0.05, 0.1) is 6.20 Å². The SMILES string of the molecule is CSc1nc(C)cc(Nc2ncc(C#N)s2)n1. The van der Waals surface area contributed by atoms with Crippen LogP contribution in [0.4, 0.5) is 10.9 Å². The minimum atomic E-state index is 0.573. The summed E-state index contributed by atoms with van der Waals surface area (Å²) in [5.74, 6) is 0.695. The molecule has 5 nitrogen and oxygen atoms in total. The van der Waals surface area contributed by atoms with Crippen molar-refractivity contribution in [2.75, 3.05) is 11.6 Å². The Morgan fingerprint density at radius 3 is 2.94 bits per heavy atom. The van der Waals surface area contributed by atoms with Gasteiger partial charge in [0.2, 0.25) is 0 Å². The van der Waals surface area contributed by atoms with E-state index in [2.05, 4.69) is 20.3 Å². The van der Waals surface area contributed by atoms with E-state index in [0.717, 1.165) is 5.69 Å². The fourth-order valence-electron chi connectivity index (χ4n) is 1.19. The van der Waals surface area contributed by atoms with Crippen molar-refractivity contribution >= 4 is 34.0 Å². The zero-order valence-corrected chi connectivity index (χ0v) is 10.9. The molecule has 0 amide bonds. The first-order valence-corrected chi connectivity index (χ1v) is 6.78. The van der Waals surface area contributed by atoms with Crippen molar-refractivity contribution in [3.63, 3.8) is 0 Å². The van der Waals surface area contributed by atoms with E-state index >= 15 is 0 Å². The van der Waals surface area contributed by atoms with Crippen LogP contribution in [-0.4, -0.2) is 21.2 Å². The van der Waals surface area contributed by atoms with Crippen LogP contribution in [0, 0.1) is 18.3 Å². The Balaban J connectivity index is 2.23. The summed E-state index contributed by atoms with van der Waals surface area (Å²) in [7, 11) is 0. The summed E-state index contributed by atoms with van der Waals surface area (Å²) in [6, 6.07) is 3.89. The van der Waals surface area contributed by atoms with Crippen LogP contribution in [0.25, 0.3) is 0 Å². The van der Waals surface area contributed by atoms with Gasteiger partial charge in [-0.3, -0.25) is 0 Å². The van der Waals surface area contributed by atoms with Gasteiger partial charge >= 0.3 is 0 Å². The van der Waals surface area contributed by atoms with Crippen LogP contribution in [0.1, 0.15) is 10.6 Å². The van der Waals surface area contributed by atoms with Crippen molar-refractivity contribution in [2.24, 2.45) is 0 Å². The lowest BCUT2D eigenvalue weighted by Crippen LogP contribution is -1.97. The molecule has 2 aromatic heterocycles. The largest absolute Gasteiger partial charge is 0.316 e. The molecule has 0 spiro atoms. The number of nitriles is 1. The van der Waals surface area contributed by atoms with Crippen LogP contribution in [-0.2, 0) is 0 Å². The van der Waals surface area contributed by atoms with E-state index in [1.165, 1.54) is 29.3 Å². The molecule has 0 aliphatic carbocycles. The van der Waals surface area contributed by atoms with Gasteiger partial charge in [0.1, 0.15) is 16.8 Å². The zero-order valence-electron chi connectivity index (χ0n) is 9.26. The maximum atomic E-state index is 8.71. The Labute approximate surface area is 107 Å². The molecule has 2 aromatic rings. The van der Waals surface area contributed by atoms with E-state index in [0.29, 0.717) is 21.0 Å². The molecule has 0 aliphatic rings. The number of nitrogens with zero attached hydrogens (tertiary/aromatic N) is 4. The molecule has 17 heavy (non-hydrogen) atoms. The number of rotatable bonds is 3.